The molecule has 0 aliphatic rings. The average Bonchev–Trinajstić information content (AvgIpc) is 2.46. The predicted molar refractivity (Wildman–Crippen MR) is 76.7 cm³/mol. The van der Waals surface area contributed by atoms with E-state index in [9.17, 15) is 14.6 Å². The van der Waals surface area contributed by atoms with Crippen molar-refractivity contribution in [3.63, 3.8) is 0 Å². The zero-order valence-corrected chi connectivity index (χ0v) is 11.1. The maximum atomic E-state index is 12.5. The van der Waals surface area contributed by atoms with Gasteiger partial charge in [-0.25, -0.2) is 0 Å². The second kappa shape index (κ2) is 5.52. The largest absolute Gasteiger partial charge is 0.288 e. The molecule has 0 aliphatic carbocycles. The number of nitroso groups, excluding NO2 is 2. The fraction of sp³-hybridized carbons (Fsp3) is 0.133. The summed E-state index contributed by atoms with van der Waals surface area (Å²) in [4.78, 5) is 34.3. The normalized spacial score (nSPS) is 10.1. The van der Waals surface area contributed by atoms with Crippen LogP contribution in [0.3, 0.4) is 0 Å². The van der Waals surface area contributed by atoms with Crippen LogP contribution < -0.4 is 0 Å². The van der Waals surface area contributed by atoms with Crippen molar-refractivity contribution in [3.05, 3.63) is 68.5 Å². The molecule has 2 aromatic carbocycles. The summed E-state index contributed by atoms with van der Waals surface area (Å²) in [5.74, 6) is -0.429. The van der Waals surface area contributed by atoms with Gasteiger partial charge in [-0.2, -0.15) is 0 Å². The molecule has 0 aliphatic heterocycles. The van der Waals surface area contributed by atoms with E-state index >= 15 is 0 Å². The summed E-state index contributed by atoms with van der Waals surface area (Å²) in [5.41, 5.74) is 1.76. The van der Waals surface area contributed by atoms with Gasteiger partial charge in [0.2, 0.25) is 0 Å². The van der Waals surface area contributed by atoms with E-state index in [0.29, 0.717) is 11.1 Å². The molecule has 20 heavy (non-hydrogen) atoms. The van der Waals surface area contributed by atoms with E-state index in [1.807, 2.05) is 0 Å². The third-order valence-electron chi connectivity index (χ3n) is 3.15. The van der Waals surface area contributed by atoms with Crippen LogP contribution in [0.5, 0.6) is 0 Å². The number of hydrogen-bond acceptors (Lipinski definition) is 5. The lowest BCUT2D eigenvalue weighted by molar-refractivity contribution is 0.104. The number of ketones is 1. The number of nitrogens with zero attached hydrogens (tertiary/aromatic N) is 2. The van der Waals surface area contributed by atoms with Crippen LogP contribution >= 0.6 is 0 Å². The van der Waals surface area contributed by atoms with Gasteiger partial charge in [-0.15, -0.1) is 9.81 Å². The van der Waals surface area contributed by atoms with Gasteiger partial charge < -0.3 is 0 Å². The number of carbonyl (C=O) groups excluding carboxylic acids is 1. The van der Waals surface area contributed by atoms with E-state index < -0.39 is 5.78 Å². The fourth-order valence-electron chi connectivity index (χ4n) is 2.07. The van der Waals surface area contributed by atoms with E-state index in [-0.39, 0.29) is 22.5 Å². The molecule has 0 amide bonds. The maximum absolute atomic E-state index is 12.5. The molecule has 0 saturated carbocycles. The Bertz CT molecular complexity index is 649. The van der Waals surface area contributed by atoms with Crippen LogP contribution in [0.25, 0.3) is 0 Å². The first-order chi connectivity index (χ1) is 9.60. The molecule has 100 valence electrons. The molecule has 0 aromatic heterocycles. The minimum Gasteiger partial charge on any atom is -0.288 e. The molecule has 0 fully saturated rings. The molecule has 0 N–H and O–H groups in total. The molecule has 0 atom stereocenters. The zero-order chi connectivity index (χ0) is 14.7. The van der Waals surface area contributed by atoms with Gasteiger partial charge in [0.15, 0.2) is 5.78 Å². The van der Waals surface area contributed by atoms with E-state index in [1.165, 1.54) is 12.1 Å². The second-order valence-corrected chi connectivity index (χ2v) is 4.45. The maximum Gasteiger partial charge on any atom is 0.197 e. The number of hydrogen-bond donors (Lipinski definition) is 0. The van der Waals surface area contributed by atoms with Crippen LogP contribution in [-0.2, 0) is 0 Å². The summed E-state index contributed by atoms with van der Waals surface area (Å²) in [7, 11) is 0. The van der Waals surface area contributed by atoms with Crippen LogP contribution in [0.1, 0.15) is 27.0 Å². The smallest absolute Gasteiger partial charge is 0.197 e. The molecule has 0 spiro atoms. The minimum absolute atomic E-state index is 0.0934. The van der Waals surface area contributed by atoms with E-state index in [0.717, 1.165) is 0 Å². The Labute approximate surface area is 115 Å². The quantitative estimate of drug-likeness (QED) is 0.611. The van der Waals surface area contributed by atoms with Crippen LogP contribution in [0, 0.1) is 23.7 Å². The summed E-state index contributed by atoms with van der Waals surface area (Å²) in [6.07, 6.45) is 0. The summed E-state index contributed by atoms with van der Waals surface area (Å²) >= 11 is 0. The SMILES string of the molecule is Cc1cccc(C(=O)c2cccc(C)c2N=O)c1N=O. The lowest BCUT2D eigenvalue weighted by Gasteiger charge is -2.08. The van der Waals surface area contributed by atoms with Crippen LogP contribution in [-0.4, -0.2) is 5.78 Å². The third-order valence-corrected chi connectivity index (χ3v) is 3.15. The van der Waals surface area contributed by atoms with Crippen molar-refractivity contribution < 1.29 is 4.79 Å². The highest BCUT2D eigenvalue weighted by atomic mass is 16.3. The van der Waals surface area contributed by atoms with Crippen molar-refractivity contribution in [2.24, 2.45) is 10.4 Å². The Hall–Kier alpha value is -2.69. The van der Waals surface area contributed by atoms with Crippen molar-refractivity contribution in [3.8, 4) is 0 Å². The second-order valence-electron chi connectivity index (χ2n) is 4.45. The van der Waals surface area contributed by atoms with Gasteiger partial charge in [0, 0.05) is 0 Å². The number of benzene rings is 2. The average molecular weight is 268 g/mol. The van der Waals surface area contributed by atoms with Gasteiger partial charge in [-0.05, 0) is 47.5 Å². The first-order valence-corrected chi connectivity index (χ1v) is 6.00. The van der Waals surface area contributed by atoms with Crippen molar-refractivity contribution >= 4 is 17.2 Å². The van der Waals surface area contributed by atoms with E-state index in [4.69, 9.17) is 0 Å². The number of carbonyl (C=O) groups is 1. The molecular weight excluding hydrogens is 256 g/mol. The van der Waals surface area contributed by atoms with Gasteiger partial charge in [-0.3, -0.25) is 4.79 Å². The number of aryl methyl sites for hydroxylation is 2. The van der Waals surface area contributed by atoms with Crippen molar-refractivity contribution in [1.29, 1.82) is 0 Å². The number of rotatable bonds is 4. The molecule has 5 heteroatoms. The molecule has 5 nitrogen and oxygen atoms in total. The van der Waals surface area contributed by atoms with Crippen molar-refractivity contribution in [2.45, 2.75) is 13.8 Å². The van der Waals surface area contributed by atoms with Gasteiger partial charge in [0.1, 0.15) is 11.4 Å². The topological polar surface area (TPSA) is 75.9 Å². The van der Waals surface area contributed by atoms with Gasteiger partial charge in [0.25, 0.3) is 0 Å². The Morgan fingerprint density at radius 1 is 0.800 bits per heavy atom. The molecule has 0 saturated heterocycles. The Morgan fingerprint density at radius 3 is 1.55 bits per heavy atom. The monoisotopic (exact) mass is 268 g/mol. The van der Waals surface area contributed by atoms with Crippen molar-refractivity contribution in [1.82, 2.24) is 0 Å². The lowest BCUT2D eigenvalue weighted by Crippen LogP contribution is -2.03. The molecular formula is C15H12N2O3. The van der Waals surface area contributed by atoms with E-state index in [2.05, 4.69) is 10.4 Å². The Kier molecular flexibility index (Phi) is 3.79. The van der Waals surface area contributed by atoms with Gasteiger partial charge in [0.05, 0.1) is 11.1 Å². The summed E-state index contributed by atoms with van der Waals surface area (Å²) in [6.45, 7) is 3.39. The summed E-state index contributed by atoms with van der Waals surface area (Å²) in [6, 6.07) is 9.76. The van der Waals surface area contributed by atoms with Crippen LogP contribution in [0.4, 0.5) is 11.4 Å². The van der Waals surface area contributed by atoms with Crippen LogP contribution in [0.15, 0.2) is 46.8 Å². The first-order valence-electron chi connectivity index (χ1n) is 6.00. The summed E-state index contributed by atoms with van der Waals surface area (Å²) in [5, 5.41) is 5.83. The standard InChI is InChI=1S/C15H12N2O3/c1-9-5-3-7-11(13(9)16-19)15(18)12-8-4-6-10(2)14(12)17-20/h3-8H,1-2H3. The molecule has 0 unspecified atom stereocenters. The van der Waals surface area contributed by atoms with Gasteiger partial charge in [-0.1, -0.05) is 24.3 Å². The molecule has 2 rings (SSSR count). The Morgan fingerprint density at radius 2 is 1.20 bits per heavy atom. The minimum atomic E-state index is -0.429. The summed E-state index contributed by atoms with van der Waals surface area (Å²) < 4.78 is 0. The van der Waals surface area contributed by atoms with Crippen LogP contribution in [0.2, 0.25) is 0 Å². The highest BCUT2D eigenvalue weighted by molar-refractivity contribution is 6.15. The zero-order valence-electron chi connectivity index (χ0n) is 11.1. The molecule has 0 radical (unpaired) electrons. The van der Waals surface area contributed by atoms with Gasteiger partial charge >= 0.3 is 0 Å². The van der Waals surface area contributed by atoms with Crippen molar-refractivity contribution in [2.75, 3.05) is 0 Å². The highest BCUT2D eigenvalue weighted by Gasteiger charge is 2.20. The van der Waals surface area contributed by atoms with E-state index in [1.54, 1.807) is 38.1 Å². The third kappa shape index (κ3) is 2.25. The Balaban J connectivity index is 2.64. The fourth-order valence-corrected chi connectivity index (χ4v) is 2.07. The first kappa shape index (κ1) is 13.7. The molecule has 0 heterocycles. The lowest BCUT2D eigenvalue weighted by atomic mass is 9.97. The molecule has 0 bridgehead atoms. The predicted octanol–water partition coefficient (Wildman–Crippen LogP) is 4.33. The highest BCUT2D eigenvalue weighted by Crippen LogP contribution is 2.30. The molecule has 2 aromatic rings.